The lowest BCUT2D eigenvalue weighted by Crippen LogP contribution is -2.38. The van der Waals surface area contributed by atoms with Crippen LogP contribution in [0.4, 0.5) is 10.1 Å². The fourth-order valence-corrected chi connectivity index (χ4v) is 2.44. The zero-order valence-electron chi connectivity index (χ0n) is 10.6. The van der Waals surface area contributed by atoms with Gasteiger partial charge in [0.1, 0.15) is 5.82 Å². The van der Waals surface area contributed by atoms with Gasteiger partial charge in [0.15, 0.2) is 6.29 Å². The Morgan fingerprint density at radius 1 is 1.44 bits per heavy atom. The summed E-state index contributed by atoms with van der Waals surface area (Å²) in [7, 11) is 0. The van der Waals surface area contributed by atoms with Crippen LogP contribution in [-0.2, 0) is 4.74 Å². The third kappa shape index (κ3) is 2.70. The quantitative estimate of drug-likeness (QED) is 0.770. The SMILES string of the molecule is CCOC1CCN(c2c(F)cccc2C=O)CC1. The molecular formula is C14H18FNO2. The van der Waals surface area contributed by atoms with Crippen LogP contribution in [0.25, 0.3) is 0 Å². The number of piperidine rings is 1. The van der Waals surface area contributed by atoms with E-state index in [2.05, 4.69) is 0 Å². The molecule has 0 saturated carbocycles. The number of hydrogen-bond acceptors (Lipinski definition) is 3. The van der Waals surface area contributed by atoms with Gasteiger partial charge in [-0.25, -0.2) is 4.39 Å². The minimum atomic E-state index is -0.325. The Balaban J connectivity index is 2.12. The number of carbonyl (C=O) groups is 1. The van der Waals surface area contributed by atoms with Crippen LogP contribution < -0.4 is 4.90 Å². The molecule has 18 heavy (non-hydrogen) atoms. The first-order valence-corrected chi connectivity index (χ1v) is 6.36. The predicted molar refractivity (Wildman–Crippen MR) is 68.6 cm³/mol. The summed E-state index contributed by atoms with van der Waals surface area (Å²) in [4.78, 5) is 12.9. The van der Waals surface area contributed by atoms with E-state index in [4.69, 9.17) is 4.74 Å². The Hall–Kier alpha value is -1.42. The number of nitrogens with zero attached hydrogens (tertiary/aromatic N) is 1. The Kier molecular flexibility index (Phi) is 4.31. The molecule has 1 aromatic carbocycles. The van der Waals surface area contributed by atoms with E-state index < -0.39 is 0 Å². The molecule has 2 rings (SSSR count). The van der Waals surface area contributed by atoms with E-state index in [0.717, 1.165) is 25.9 Å². The van der Waals surface area contributed by atoms with E-state index >= 15 is 0 Å². The number of ether oxygens (including phenoxy) is 1. The normalized spacial score (nSPS) is 16.9. The van der Waals surface area contributed by atoms with Crippen LogP contribution in [0.2, 0.25) is 0 Å². The summed E-state index contributed by atoms with van der Waals surface area (Å²) in [6.07, 6.45) is 2.73. The molecule has 1 heterocycles. The summed E-state index contributed by atoms with van der Waals surface area (Å²) in [6, 6.07) is 4.62. The summed E-state index contributed by atoms with van der Waals surface area (Å²) in [5, 5.41) is 0. The number of halogens is 1. The van der Waals surface area contributed by atoms with Crippen molar-refractivity contribution in [1.29, 1.82) is 0 Å². The van der Waals surface area contributed by atoms with Crippen molar-refractivity contribution < 1.29 is 13.9 Å². The van der Waals surface area contributed by atoms with Crippen LogP contribution in [-0.4, -0.2) is 32.1 Å². The number of carbonyl (C=O) groups excluding carboxylic acids is 1. The zero-order chi connectivity index (χ0) is 13.0. The molecule has 0 amide bonds. The van der Waals surface area contributed by atoms with Gasteiger partial charge >= 0.3 is 0 Å². The average molecular weight is 251 g/mol. The van der Waals surface area contributed by atoms with Crippen molar-refractivity contribution in [2.45, 2.75) is 25.9 Å². The van der Waals surface area contributed by atoms with Crippen LogP contribution in [0, 0.1) is 5.82 Å². The Morgan fingerprint density at radius 2 is 2.17 bits per heavy atom. The number of aldehydes is 1. The number of hydrogen-bond donors (Lipinski definition) is 0. The van der Waals surface area contributed by atoms with Crippen molar-refractivity contribution in [3.63, 3.8) is 0 Å². The number of anilines is 1. The fourth-order valence-electron chi connectivity index (χ4n) is 2.44. The highest BCUT2D eigenvalue weighted by atomic mass is 19.1. The Bertz CT molecular complexity index is 414. The predicted octanol–water partition coefficient (Wildman–Crippen LogP) is 2.64. The average Bonchev–Trinajstić information content (AvgIpc) is 2.40. The highest BCUT2D eigenvalue weighted by molar-refractivity contribution is 5.84. The van der Waals surface area contributed by atoms with Crippen LogP contribution in [0.3, 0.4) is 0 Å². The van der Waals surface area contributed by atoms with E-state index in [-0.39, 0.29) is 11.9 Å². The molecule has 0 unspecified atom stereocenters. The standard InChI is InChI=1S/C14H18FNO2/c1-2-18-12-6-8-16(9-7-12)14-11(10-17)4-3-5-13(14)15/h3-5,10,12H,2,6-9H2,1H3. The summed E-state index contributed by atoms with van der Waals surface area (Å²) < 4.78 is 19.4. The highest BCUT2D eigenvalue weighted by Gasteiger charge is 2.23. The van der Waals surface area contributed by atoms with Crippen molar-refractivity contribution >= 4 is 12.0 Å². The minimum Gasteiger partial charge on any atom is -0.378 e. The third-order valence-electron chi connectivity index (χ3n) is 3.31. The molecular weight excluding hydrogens is 233 g/mol. The topological polar surface area (TPSA) is 29.5 Å². The first-order chi connectivity index (χ1) is 8.76. The van der Waals surface area contributed by atoms with E-state index in [0.29, 0.717) is 24.1 Å². The van der Waals surface area contributed by atoms with E-state index in [9.17, 15) is 9.18 Å². The van der Waals surface area contributed by atoms with Crippen LogP contribution in [0.1, 0.15) is 30.1 Å². The number of para-hydroxylation sites is 1. The molecule has 4 heteroatoms. The van der Waals surface area contributed by atoms with Gasteiger partial charge in [-0.2, -0.15) is 0 Å². The molecule has 1 aliphatic heterocycles. The molecule has 1 aromatic rings. The monoisotopic (exact) mass is 251 g/mol. The maximum atomic E-state index is 13.8. The van der Waals surface area contributed by atoms with Gasteiger partial charge in [-0.1, -0.05) is 6.07 Å². The molecule has 0 aliphatic carbocycles. The first kappa shape index (κ1) is 13.0. The van der Waals surface area contributed by atoms with Gasteiger partial charge in [0, 0.05) is 25.3 Å². The van der Waals surface area contributed by atoms with Crippen molar-refractivity contribution in [2.24, 2.45) is 0 Å². The molecule has 0 aromatic heterocycles. The second-order valence-corrected chi connectivity index (χ2v) is 4.44. The molecule has 3 nitrogen and oxygen atoms in total. The van der Waals surface area contributed by atoms with Crippen LogP contribution >= 0.6 is 0 Å². The highest BCUT2D eigenvalue weighted by Crippen LogP contribution is 2.27. The maximum Gasteiger partial charge on any atom is 0.152 e. The molecule has 0 atom stereocenters. The first-order valence-electron chi connectivity index (χ1n) is 6.36. The number of rotatable bonds is 4. The van der Waals surface area contributed by atoms with Crippen molar-refractivity contribution in [3.05, 3.63) is 29.6 Å². The van der Waals surface area contributed by atoms with E-state index in [1.54, 1.807) is 12.1 Å². The minimum absolute atomic E-state index is 0.262. The maximum absolute atomic E-state index is 13.8. The second-order valence-electron chi connectivity index (χ2n) is 4.44. The summed E-state index contributed by atoms with van der Waals surface area (Å²) in [6.45, 7) is 4.15. The molecule has 98 valence electrons. The van der Waals surface area contributed by atoms with E-state index in [1.807, 2.05) is 11.8 Å². The lowest BCUT2D eigenvalue weighted by molar-refractivity contribution is 0.0458. The summed E-state index contributed by atoms with van der Waals surface area (Å²) >= 11 is 0. The molecule has 0 bridgehead atoms. The third-order valence-corrected chi connectivity index (χ3v) is 3.31. The van der Waals surface area contributed by atoms with Crippen molar-refractivity contribution in [1.82, 2.24) is 0 Å². The lowest BCUT2D eigenvalue weighted by atomic mass is 10.0. The molecule has 1 aliphatic rings. The van der Waals surface area contributed by atoms with Crippen LogP contribution in [0.5, 0.6) is 0 Å². The summed E-state index contributed by atoms with van der Waals surface area (Å²) in [5.74, 6) is -0.325. The van der Waals surface area contributed by atoms with Gasteiger partial charge in [-0.05, 0) is 31.9 Å². The van der Waals surface area contributed by atoms with Gasteiger partial charge < -0.3 is 9.64 Å². The number of benzene rings is 1. The van der Waals surface area contributed by atoms with Crippen LogP contribution in [0.15, 0.2) is 18.2 Å². The summed E-state index contributed by atoms with van der Waals surface area (Å²) in [5.41, 5.74) is 0.854. The fraction of sp³-hybridized carbons (Fsp3) is 0.500. The van der Waals surface area contributed by atoms with Gasteiger partial charge in [-0.3, -0.25) is 4.79 Å². The Morgan fingerprint density at radius 3 is 2.78 bits per heavy atom. The molecule has 0 N–H and O–H groups in total. The second kappa shape index (κ2) is 5.96. The molecule has 1 fully saturated rings. The van der Waals surface area contributed by atoms with Gasteiger partial charge in [-0.15, -0.1) is 0 Å². The van der Waals surface area contributed by atoms with Crippen molar-refractivity contribution in [2.75, 3.05) is 24.6 Å². The lowest BCUT2D eigenvalue weighted by Gasteiger charge is -2.34. The molecule has 1 saturated heterocycles. The van der Waals surface area contributed by atoms with Gasteiger partial charge in [0.25, 0.3) is 0 Å². The Labute approximate surface area is 107 Å². The molecule has 0 radical (unpaired) electrons. The van der Waals surface area contributed by atoms with Gasteiger partial charge in [0.2, 0.25) is 0 Å². The van der Waals surface area contributed by atoms with Crippen molar-refractivity contribution in [3.8, 4) is 0 Å². The molecule has 0 spiro atoms. The zero-order valence-corrected chi connectivity index (χ0v) is 10.6. The smallest absolute Gasteiger partial charge is 0.152 e. The van der Waals surface area contributed by atoms with Gasteiger partial charge in [0.05, 0.1) is 11.8 Å². The van der Waals surface area contributed by atoms with E-state index in [1.165, 1.54) is 6.07 Å². The largest absolute Gasteiger partial charge is 0.378 e.